The molecule has 0 saturated heterocycles. The van der Waals surface area contributed by atoms with Crippen LogP contribution in [0.5, 0.6) is 0 Å². The summed E-state index contributed by atoms with van der Waals surface area (Å²) in [6.07, 6.45) is 5.34. The van der Waals surface area contributed by atoms with Crippen LogP contribution in [0.2, 0.25) is 0 Å². The maximum Gasteiger partial charge on any atom is 1.00 e. The van der Waals surface area contributed by atoms with Crippen molar-refractivity contribution in [3.05, 3.63) is 18.7 Å². The van der Waals surface area contributed by atoms with E-state index >= 15 is 0 Å². The van der Waals surface area contributed by atoms with Gasteiger partial charge in [0.05, 0.1) is 0 Å². The Morgan fingerprint density at radius 1 is 1.50 bits per heavy atom. The van der Waals surface area contributed by atoms with Gasteiger partial charge in [-0.3, -0.25) is 0 Å². The molecule has 0 spiro atoms. The molecule has 0 bridgehead atoms. The molecule has 0 fully saturated rings. The standard InChI is InChI=1S/C6H7.Bi.Li/c1-3-5-6-4-2;;/h5H,1-2H3;;/q-1;;+1. The van der Waals surface area contributed by atoms with E-state index in [4.69, 9.17) is 0 Å². The molecule has 0 amide bonds. The van der Waals surface area contributed by atoms with E-state index in [1.807, 2.05) is 0 Å². The molecular formula is C6H7BiLi. The van der Waals surface area contributed by atoms with Crippen LogP contribution in [0.3, 0.4) is 0 Å². The number of hydrogen-bond donors (Lipinski definition) is 0. The normalized spacial score (nSPS) is 16.8. The summed E-state index contributed by atoms with van der Waals surface area (Å²) >= 11 is -0.265. The summed E-state index contributed by atoms with van der Waals surface area (Å²) in [5, 5.41) is 0. The molecule has 0 unspecified atom stereocenters. The van der Waals surface area contributed by atoms with Crippen molar-refractivity contribution in [1.29, 1.82) is 0 Å². The third kappa shape index (κ3) is 2.49. The van der Waals surface area contributed by atoms with Crippen LogP contribution in [0.15, 0.2) is 12.6 Å². The summed E-state index contributed by atoms with van der Waals surface area (Å²) in [4.78, 5) is 0. The predicted molar refractivity (Wildman–Crippen MR) is 31.9 cm³/mol. The van der Waals surface area contributed by atoms with Crippen LogP contribution >= 0.6 is 0 Å². The zero-order valence-corrected chi connectivity index (χ0v) is 9.00. The van der Waals surface area contributed by atoms with Crippen LogP contribution in [-0.4, -0.2) is 23.2 Å². The van der Waals surface area contributed by atoms with E-state index in [0.29, 0.717) is 0 Å². The van der Waals surface area contributed by atoms with Crippen molar-refractivity contribution < 1.29 is 18.9 Å². The Labute approximate surface area is 74.2 Å². The topological polar surface area (TPSA) is 0 Å². The summed E-state index contributed by atoms with van der Waals surface area (Å²) in [7, 11) is 0. The molecule has 1 heterocycles. The SMILES string of the molecule is C[C]1=[C-]C=[C](C)[Bi]1.[Li+]. The average Bonchev–Trinajstić information content (AvgIpc) is 1.87. The fraction of sp³-hybridized carbons (Fsp3) is 0.333. The first-order valence-corrected chi connectivity index (χ1v) is 5.75. The monoisotopic (exact) mass is 295 g/mol. The maximum absolute atomic E-state index is 3.20. The van der Waals surface area contributed by atoms with Crippen molar-refractivity contribution in [3.63, 3.8) is 0 Å². The van der Waals surface area contributed by atoms with Crippen molar-refractivity contribution in [2.24, 2.45) is 0 Å². The molecule has 1 aliphatic heterocycles. The minimum atomic E-state index is -0.265. The minimum absolute atomic E-state index is 0. The fourth-order valence-corrected chi connectivity index (χ4v) is 3.60. The molecule has 1 radical (unpaired) electrons. The van der Waals surface area contributed by atoms with Gasteiger partial charge in [0.2, 0.25) is 0 Å². The van der Waals surface area contributed by atoms with Gasteiger partial charge in [-0.1, -0.05) is 0 Å². The largest absolute Gasteiger partial charge is 1.00 e. The van der Waals surface area contributed by atoms with Gasteiger partial charge in [0, 0.05) is 0 Å². The Kier molecular flexibility index (Phi) is 4.35. The van der Waals surface area contributed by atoms with E-state index in [0.717, 1.165) is 0 Å². The van der Waals surface area contributed by atoms with Gasteiger partial charge in [0.25, 0.3) is 0 Å². The van der Waals surface area contributed by atoms with E-state index in [1.54, 1.807) is 3.28 Å². The summed E-state index contributed by atoms with van der Waals surface area (Å²) in [6, 6.07) is 0. The Morgan fingerprint density at radius 2 is 2.12 bits per heavy atom. The molecule has 8 heavy (non-hydrogen) atoms. The van der Waals surface area contributed by atoms with Gasteiger partial charge in [0.15, 0.2) is 0 Å². The van der Waals surface area contributed by atoms with Crippen LogP contribution in [0.4, 0.5) is 0 Å². The van der Waals surface area contributed by atoms with E-state index in [9.17, 15) is 0 Å². The Balaban J connectivity index is 0.000000490. The summed E-state index contributed by atoms with van der Waals surface area (Å²) < 4.78 is 3.15. The smallest absolute Gasteiger partial charge is 1.00 e. The Hall–Kier alpha value is 0.961. The molecule has 0 aromatic carbocycles. The van der Waals surface area contributed by atoms with Crippen molar-refractivity contribution in [2.45, 2.75) is 13.8 Å². The van der Waals surface area contributed by atoms with Crippen LogP contribution in [0.25, 0.3) is 0 Å². The molecule has 0 atom stereocenters. The number of hydrogen-bond acceptors (Lipinski definition) is 0. The summed E-state index contributed by atoms with van der Waals surface area (Å²) in [6.45, 7) is 4.39. The third-order valence-corrected chi connectivity index (χ3v) is 4.51. The Morgan fingerprint density at radius 3 is 2.25 bits per heavy atom. The minimum Gasteiger partial charge on any atom is 1.00 e. The fourth-order valence-electron chi connectivity index (χ4n) is 0.538. The molecule has 0 N–H and O–H groups in total. The predicted octanol–water partition coefficient (Wildman–Crippen LogP) is -1.68. The molecule has 1 rings (SSSR count). The van der Waals surface area contributed by atoms with Gasteiger partial charge in [0.1, 0.15) is 0 Å². The van der Waals surface area contributed by atoms with Crippen molar-refractivity contribution >= 4 is 23.2 Å². The van der Waals surface area contributed by atoms with Gasteiger partial charge in [-0.05, 0) is 0 Å². The van der Waals surface area contributed by atoms with Gasteiger partial charge < -0.3 is 0 Å². The second-order valence-corrected chi connectivity index (χ2v) is 7.85. The van der Waals surface area contributed by atoms with Crippen LogP contribution < -0.4 is 18.9 Å². The van der Waals surface area contributed by atoms with Crippen molar-refractivity contribution in [1.82, 2.24) is 0 Å². The zero-order valence-electron chi connectivity index (χ0n) is 5.52. The molecule has 37 valence electrons. The van der Waals surface area contributed by atoms with E-state index in [-0.39, 0.29) is 42.1 Å². The van der Waals surface area contributed by atoms with Gasteiger partial charge in [-0.15, -0.1) is 0 Å². The third-order valence-electron chi connectivity index (χ3n) is 0.834. The van der Waals surface area contributed by atoms with Gasteiger partial charge in [-0.2, -0.15) is 0 Å². The van der Waals surface area contributed by atoms with Crippen molar-refractivity contribution in [3.8, 4) is 0 Å². The first-order chi connectivity index (χ1) is 3.29. The molecule has 0 aliphatic carbocycles. The van der Waals surface area contributed by atoms with E-state index in [2.05, 4.69) is 26.0 Å². The number of allylic oxidation sites excluding steroid dienone is 4. The van der Waals surface area contributed by atoms with Crippen LogP contribution in [-0.2, 0) is 0 Å². The molecule has 1 aliphatic rings. The number of rotatable bonds is 0. The average molecular weight is 295 g/mol. The summed E-state index contributed by atoms with van der Waals surface area (Å²) in [5.41, 5.74) is 0. The van der Waals surface area contributed by atoms with Gasteiger partial charge in [-0.25, -0.2) is 0 Å². The summed E-state index contributed by atoms with van der Waals surface area (Å²) in [5.74, 6) is 0. The van der Waals surface area contributed by atoms with Crippen LogP contribution in [0.1, 0.15) is 13.8 Å². The molecule has 0 nitrogen and oxygen atoms in total. The van der Waals surface area contributed by atoms with E-state index < -0.39 is 0 Å². The first kappa shape index (κ1) is 8.96. The van der Waals surface area contributed by atoms with E-state index in [1.165, 1.54) is 3.28 Å². The first-order valence-electron chi connectivity index (χ1n) is 2.27. The maximum atomic E-state index is 3.20. The van der Waals surface area contributed by atoms with Crippen LogP contribution in [0, 0.1) is 6.08 Å². The quantitative estimate of drug-likeness (QED) is 0.370. The van der Waals surface area contributed by atoms with Gasteiger partial charge >= 0.3 is 74.7 Å². The molecular weight excluding hydrogens is 288 g/mol. The molecule has 0 aromatic rings. The van der Waals surface area contributed by atoms with Crippen molar-refractivity contribution in [2.75, 3.05) is 0 Å². The zero-order chi connectivity index (χ0) is 5.28. The second kappa shape index (κ2) is 3.89. The molecule has 0 saturated carbocycles. The molecule has 2 heteroatoms. The molecule has 0 aromatic heterocycles. The Bertz CT molecular complexity index is 119. The second-order valence-electron chi connectivity index (χ2n) is 1.63.